The molecule has 0 bridgehead atoms. The number of aryl methyl sites for hydroxylation is 1. The van der Waals surface area contributed by atoms with Crippen LogP contribution in [0, 0.1) is 18.3 Å². The number of nitrogens with one attached hydrogen (secondary N) is 1. The number of nitrogens with zero attached hydrogens (tertiary/aromatic N) is 3. The molecule has 1 aliphatic heterocycles. The molecular weight excluding hydrogens is 384 g/mol. The number of nitriles is 1. The summed E-state index contributed by atoms with van der Waals surface area (Å²) in [5.41, 5.74) is 1.34. The van der Waals surface area contributed by atoms with Gasteiger partial charge in [0.05, 0.1) is 13.2 Å². The highest BCUT2D eigenvalue weighted by Gasteiger charge is 2.18. The monoisotopic (exact) mass is 408 g/mol. The quantitative estimate of drug-likeness (QED) is 0.605. The average Bonchev–Trinajstić information content (AvgIpc) is 3.40. The molecule has 1 aliphatic rings. The van der Waals surface area contributed by atoms with Crippen LogP contribution in [0.3, 0.4) is 0 Å². The predicted octanol–water partition coefficient (Wildman–Crippen LogP) is 3.44. The zero-order valence-electron chi connectivity index (χ0n) is 16.9. The SMILES string of the molecule is Cc1cccc(OCc2ccc(-c3nc(C#N)c(NCCN4CCOCC4)o3)o2)c1. The van der Waals surface area contributed by atoms with Crippen molar-refractivity contribution in [2.45, 2.75) is 13.5 Å². The van der Waals surface area contributed by atoms with Gasteiger partial charge < -0.3 is 23.6 Å². The molecule has 0 aliphatic carbocycles. The van der Waals surface area contributed by atoms with Crippen molar-refractivity contribution in [3.05, 3.63) is 53.4 Å². The predicted molar refractivity (Wildman–Crippen MR) is 110 cm³/mol. The highest BCUT2D eigenvalue weighted by atomic mass is 16.5. The van der Waals surface area contributed by atoms with E-state index in [1.165, 1.54) is 0 Å². The lowest BCUT2D eigenvalue weighted by molar-refractivity contribution is 0.0398. The highest BCUT2D eigenvalue weighted by molar-refractivity contribution is 5.54. The summed E-state index contributed by atoms with van der Waals surface area (Å²) < 4.78 is 22.7. The van der Waals surface area contributed by atoms with Crippen molar-refractivity contribution in [2.24, 2.45) is 0 Å². The molecule has 1 N–H and O–H groups in total. The zero-order valence-corrected chi connectivity index (χ0v) is 16.9. The maximum absolute atomic E-state index is 9.37. The molecule has 8 heteroatoms. The summed E-state index contributed by atoms with van der Waals surface area (Å²) in [7, 11) is 0. The molecule has 0 saturated carbocycles. The lowest BCUT2D eigenvalue weighted by atomic mass is 10.2. The number of oxazole rings is 1. The Morgan fingerprint density at radius 2 is 2.07 bits per heavy atom. The lowest BCUT2D eigenvalue weighted by Crippen LogP contribution is -2.39. The number of hydrogen-bond donors (Lipinski definition) is 1. The van der Waals surface area contributed by atoms with E-state index >= 15 is 0 Å². The second-order valence-corrected chi connectivity index (χ2v) is 7.06. The highest BCUT2D eigenvalue weighted by Crippen LogP contribution is 2.27. The maximum Gasteiger partial charge on any atom is 0.266 e. The maximum atomic E-state index is 9.37. The van der Waals surface area contributed by atoms with E-state index in [0.717, 1.165) is 44.2 Å². The first-order chi connectivity index (χ1) is 14.7. The van der Waals surface area contributed by atoms with Gasteiger partial charge in [0.25, 0.3) is 5.89 Å². The number of rotatable bonds is 8. The van der Waals surface area contributed by atoms with Crippen molar-refractivity contribution in [1.82, 2.24) is 9.88 Å². The van der Waals surface area contributed by atoms with Crippen LogP contribution in [0.5, 0.6) is 5.75 Å². The van der Waals surface area contributed by atoms with Gasteiger partial charge in [-0.3, -0.25) is 4.90 Å². The van der Waals surface area contributed by atoms with Crippen LogP contribution in [0.4, 0.5) is 5.88 Å². The summed E-state index contributed by atoms with van der Waals surface area (Å²) in [5, 5.41) is 12.5. The summed E-state index contributed by atoms with van der Waals surface area (Å²) in [5.74, 6) is 2.50. The Morgan fingerprint density at radius 3 is 2.87 bits per heavy atom. The van der Waals surface area contributed by atoms with Gasteiger partial charge in [0, 0.05) is 26.2 Å². The Morgan fingerprint density at radius 1 is 1.20 bits per heavy atom. The van der Waals surface area contributed by atoms with Gasteiger partial charge in [-0.15, -0.1) is 0 Å². The van der Waals surface area contributed by atoms with Crippen molar-refractivity contribution in [2.75, 3.05) is 44.7 Å². The van der Waals surface area contributed by atoms with Crippen molar-refractivity contribution in [3.63, 3.8) is 0 Å². The van der Waals surface area contributed by atoms with Gasteiger partial charge in [0.2, 0.25) is 11.6 Å². The van der Waals surface area contributed by atoms with E-state index in [9.17, 15) is 5.26 Å². The van der Waals surface area contributed by atoms with Crippen molar-refractivity contribution < 1.29 is 18.3 Å². The fourth-order valence-corrected chi connectivity index (χ4v) is 3.20. The Balaban J connectivity index is 1.36. The van der Waals surface area contributed by atoms with Gasteiger partial charge in [-0.1, -0.05) is 12.1 Å². The van der Waals surface area contributed by atoms with Crippen LogP contribution in [0.25, 0.3) is 11.7 Å². The summed E-state index contributed by atoms with van der Waals surface area (Å²) in [4.78, 5) is 6.55. The smallest absolute Gasteiger partial charge is 0.266 e. The number of anilines is 1. The summed E-state index contributed by atoms with van der Waals surface area (Å²) >= 11 is 0. The minimum absolute atomic E-state index is 0.209. The molecule has 30 heavy (non-hydrogen) atoms. The Labute approximate surface area is 175 Å². The van der Waals surface area contributed by atoms with E-state index in [0.29, 0.717) is 30.6 Å². The standard InChI is InChI=1S/C22H24N4O4/c1-16-3-2-4-17(13-16)28-15-18-5-6-20(29-18)22-25-19(14-23)21(30-22)24-7-8-26-9-11-27-12-10-26/h2-6,13,24H,7-12,15H2,1H3. The second-order valence-electron chi connectivity index (χ2n) is 7.06. The van der Waals surface area contributed by atoms with Gasteiger partial charge in [0.1, 0.15) is 24.2 Å². The Kier molecular flexibility index (Phi) is 6.32. The van der Waals surface area contributed by atoms with Gasteiger partial charge in [-0.25, -0.2) is 0 Å². The number of benzene rings is 1. The third-order valence-corrected chi connectivity index (χ3v) is 4.79. The number of morpholine rings is 1. The molecule has 156 valence electrons. The molecule has 3 aromatic rings. The van der Waals surface area contributed by atoms with Crippen LogP contribution in [-0.2, 0) is 11.3 Å². The largest absolute Gasteiger partial charge is 0.486 e. The Bertz CT molecular complexity index is 1010. The molecule has 2 aromatic heterocycles. The lowest BCUT2D eigenvalue weighted by Gasteiger charge is -2.26. The van der Waals surface area contributed by atoms with E-state index in [4.69, 9.17) is 18.3 Å². The van der Waals surface area contributed by atoms with Crippen LogP contribution >= 0.6 is 0 Å². The third-order valence-electron chi connectivity index (χ3n) is 4.79. The van der Waals surface area contributed by atoms with Crippen molar-refractivity contribution >= 4 is 5.88 Å². The van der Waals surface area contributed by atoms with Crippen molar-refractivity contribution in [1.29, 1.82) is 5.26 Å². The minimum atomic E-state index is 0.209. The fraction of sp³-hybridized carbons (Fsp3) is 0.364. The summed E-state index contributed by atoms with van der Waals surface area (Å²) in [6.45, 7) is 7.12. The van der Waals surface area contributed by atoms with E-state index in [1.807, 2.05) is 37.3 Å². The Hall–Kier alpha value is -3.28. The first-order valence-corrected chi connectivity index (χ1v) is 9.95. The van der Waals surface area contributed by atoms with Crippen LogP contribution < -0.4 is 10.1 Å². The molecule has 4 rings (SSSR count). The molecule has 0 spiro atoms. The first kappa shape index (κ1) is 20.0. The van der Waals surface area contributed by atoms with Gasteiger partial charge in [-0.05, 0) is 36.8 Å². The second kappa shape index (κ2) is 9.48. The average molecular weight is 408 g/mol. The summed E-state index contributed by atoms with van der Waals surface area (Å²) in [6.07, 6.45) is 0. The molecular formula is C22H24N4O4. The molecule has 1 saturated heterocycles. The van der Waals surface area contributed by atoms with E-state index in [-0.39, 0.29) is 11.6 Å². The molecule has 0 radical (unpaired) electrons. The molecule has 0 unspecified atom stereocenters. The van der Waals surface area contributed by atoms with Gasteiger partial charge >= 0.3 is 0 Å². The van der Waals surface area contributed by atoms with Crippen molar-refractivity contribution in [3.8, 4) is 23.5 Å². The third kappa shape index (κ3) is 5.00. The van der Waals surface area contributed by atoms with Crippen LogP contribution in [-0.4, -0.2) is 49.3 Å². The minimum Gasteiger partial charge on any atom is -0.486 e. The van der Waals surface area contributed by atoms with Gasteiger partial charge in [-0.2, -0.15) is 10.2 Å². The topological polar surface area (TPSA) is 96.7 Å². The number of aromatic nitrogens is 1. The van der Waals surface area contributed by atoms with E-state index in [2.05, 4.69) is 21.3 Å². The van der Waals surface area contributed by atoms with Gasteiger partial charge in [0.15, 0.2) is 5.76 Å². The number of ether oxygens (including phenoxy) is 2. The van der Waals surface area contributed by atoms with E-state index < -0.39 is 0 Å². The summed E-state index contributed by atoms with van der Waals surface area (Å²) in [6, 6.07) is 13.5. The molecule has 1 fully saturated rings. The molecule has 0 atom stereocenters. The molecule has 8 nitrogen and oxygen atoms in total. The first-order valence-electron chi connectivity index (χ1n) is 9.95. The molecule has 1 aromatic carbocycles. The normalized spacial score (nSPS) is 14.4. The number of furan rings is 1. The molecule has 3 heterocycles. The van der Waals surface area contributed by atoms with Crippen LogP contribution in [0.15, 0.2) is 45.2 Å². The molecule has 0 amide bonds. The van der Waals surface area contributed by atoms with Crippen LogP contribution in [0.2, 0.25) is 0 Å². The zero-order chi connectivity index (χ0) is 20.8. The van der Waals surface area contributed by atoms with E-state index in [1.54, 1.807) is 6.07 Å². The van der Waals surface area contributed by atoms with Crippen LogP contribution in [0.1, 0.15) is 17.0 Å². The fourth-order valence-electron chi connectivity index (χ4n) is 3.20. The number of hydrogen-bond acceptors (Lipinski definition) is 8.